The number of benzene rings is 1. The fraction of sp³-hybridized carbons (Fsp3) is 0.400. The summed E-state index contributed by atoms with van der Waals surface area (Å²) in [6.45, 7) is 2.48. The normalized spacial score (nSPS) is 19.6. The molecule has 1 aromatic carbocycles. The zero-order valence-corrected chi connectivity index (χ0v) is 13.3. The molecule has 1 fully saturated rings. The zero-order valence-electron chi connectivity index (χ0n) is 12.5. The summed E-state index contributed by atoms with van der Waals surface area (Å²) in [6.07, 6.45) is 3.71. The molecule has 1 atom stereocenters. The highest BCUT2D eigenvalue weighted by Gasteiger charge is 2.27. The number of nitrogens with one attached hydrogen (secondary N) is 1. The Morgan fingerprint density at radius 2 is 2.09 bits per heavy atom. The summed E-state index contributed by atoms with van der Waals surface area (Å²) >= 11 is 0. The summed E-state index contributed by atoms with van der Waals surface area (Å²) in [5.74, 6) is 0. The molecule has 0 aliphatic carbocycles. The molecule has 1 aliphatic heterocycles. The van der Waals surface area contributed by atoms with Crippen molar-refractivity contribution in [2.24, 2.45) is 7.05 Å². The van der Waals surface area contributed by atoms with E-state index in [1.807, 2.05) is 18.2 Å². The smallest absolute Gasteiger partial charge is 0.243 e. The Kier molecular flexibility index (Phi) is 4.28. The van der Waals surface area contributed by atoms with Crippen LogP contribution in [0.4, 0.5) is 0 Å². The zero-order chi connectivity index (χ0) is 15.6. The van der Waals surface area contributed by atoms with E-state index in [1.165, 1.54) is 22.6 Å². The molecule has 3 rings (SSSR count). The molecule has 0 radical (unpaired) electrons. The van der Waals surface area contributed by atoms with Gasteiger partial charge in [0.15, 0.2) is 0 Å². The van der Waals surface area contributed by atoms with E-state index < -0.39 is 10.0 Å². The highest BCUT2D eigenvalue weighted by atomic mass is 32.2. The maximum atomic E-state index is 12.3. The molecule has 7 heteroatoms. The Bertz CT molecular complexity index is 727. The van der Waals surface area contributed by atoms with Gasteiger partial charge in [-0.15, -0.1) is 0 Å². The van der Waals surface area contributed by atoms with E-state index in [9.17, 15) is 8.42 Å². The van der Waals surface area contributed by atoms with E-state index in [0.29, 0.717) is 0 Å². The van der Waals surface area contributed by atoms with Crippen molar-refractivity contribution in [3.63, 3.8) is 0 Å². The van der Waals surface area contributed by atoms with E-state index in [-0.39, 0.29) is 10.9 Å². The van der Waals surface area contributed by atoms with E-state index in [0.717, 1.165) is 26.1 Å². The molecule has 0 amide bonds. The minimum absolute atomic E-state index is 0.0473. The third kappa shape index (κ3) is 3.55. The van der Waals surface area contributed by atoms with Gasteiger partial charge in [0.1, 0.15) is 4.90 Å². The lowest BCUT2D eigenvalue weighted by Crippen LogP contribution is -2.36. The molecular weight excluding hydrogens is 300 g/mol. The van der Waals surface area contributed by atoms with Crippen molar-refractivity contribution in [1.82, 2.24) is 19.4 Å². The maximum absolute atomic E-state index is 12.3. The molecule has 0 unspecified atom stereocenters. The van der Waals surface area contributed by atoms with Crippen molar-refractivity contribution in [2.45, 2.75) is 23.9 Å². The molecule has 2 heterocycles. The maximum Gasteiger partial charge on any atom is 0.243 e. The molecule has 6 nitrogen and oxygen atoms in total. The van der Waals surface area contributed by atoms with Crippen LogP contribution in [0.25, 0.3) is 0 Å². The summed E-state index contributed by atoms with van der Waals surface area (Å²) in [4.78, 5) is 2.49. The number of aryl methyl sites for hydroxylation is 1. The van der Waals surface area contributed by atoms with Crippen LogP contribution in [-0.4, -0.2) is 42.2 Å². The lowest BCUT2D eigenvalue weighted by Gasteiger charge is -2.16. The molecule has 1 N–H and O–H groups in total. The van der Waals surface area contributed by atoms with Crippen LogP contribution in [0.3, 0.4) is 0 Å². The predicted octanol–water partition coefficient (Wildman–Crippen LogP) is 0.973. The molecule has 118 valence electrons. The highest BCUT2D eigenvalue weighted by molar-refractivity contribution is 7.89. The molecule has 22 heavy (non-hydrogen) atoms. The first-order valence-corrected chi connectivity index (χ1v) is 8.78. The molecule has 0 bridgehead atoms. The van der Waals surface area contributed by atoms with Crippen molar-refractivity contribution in [1.29, 1.82) is 0 Å². The van der Waals surface area contributed by atoms with Gasteiger partial charge in [0.25, 0.3) is 0 Å². The topological polar surface area (TPSA) is 67.2 Å². The van der Waals surface area contributed by atoms with Gasteiger partial charge in [-0.1, -0.05) is 30.3 Å². The van der Waals surface area contributed by atoms with Gasteiger partial charge < -0.3 is 0 Å². The molecule has 0 spiro atoms. The Hall–Kier alpha value is -1.70. The first kappa shape index (κ1) is 15.2. The quantitative estimate of drug-likeness (QED) is 0.891. The summed E-state index contributed by atoms with van der Waals surface area (Å²) in [5, 5.41) is 3.92. The van der Waals surface area contributed by atoms with Crippen molar-refractivity contribution in [2.75, 3.05) is 13.1 Å². The van der Waals surface area contributed by atoms with Gasteiger partial charge in [-0.05, 0) is 12.0 Å². The lowest BCUT2D eigenvalue weighted by molar-refractivity contribution is 0.324. The van der Waals surface area contributed by atoms with Crippen molar-refractivity contribution >= 4 is 10.0 Å². The third-order valence-corrected chi connectivity index (χ3v) is 5.31. The van der Waals surface area contributed by atoms with Crippen LogP contribution in [0.2, 0.25) is 0 Å². The molecule has 1 aliphatic rings. The van der Waals surface area contributed by atoms with Gasteiger partial charge in [-0.2, -0.15) is 5.10 Å². The molecular formula is C15H20N4O2S. The van der Waals surface area contributed by atoms with Crippen LogP contribution < -0.4 is 4.72 Å². The number of aromatic nitrogens is 2. The SMILES string of the molecule is Cn1cc(S(=O)(=O)N[C@H]2CCN(Cc3ccccc3)C2)cn1. The molecule has 2 aromatic rings. The fourth-order valence-electron chi connectivity index (χ4n) is 2.74. The van der Waals surface area contributed by atoms with Crippen LogP contribution in [0, 0.1) is 0 Å². The van der Waals surface area contributed by atoms with Gasteiger partial charge in [-0.3, -0.25) is 9.58 Å². The van der Waals surface area contributed by atoms with E-state index in [4.69, 9.17) is 0 Å². The summed E-state index contributed by atoms with van der Waals surface area (Å²) in [7, 11) is -1.77. The first-order chi connectivity index (χ1) is 10.5. The highest BCUT2D eigenvalue weighted by Crippen LogP contribution is 2.16. The van der Waals surface area contributed by atoms with Crippen LogP contribution in [-0.2, 0) is 23.6 Å². The lowest BCUT2D eigenvalue weighted by atomic mass is 10.2. The van der Waals surface area contributed by atoms with Gasteiger partial charge in [0.05, 0.1) is 6.20 Å². The average Bonchev–Trinajstić information content (AvgIpc) is 3.09. The van der Waals surface area contributed by atoms with Crippen LogP contribution in [0.1, 0.15) is 12.0 Å². The second kappa shape index (κ2) is 6.20. The van der Waals surface area contributed by atoms with E-state index in [1.54, 1.807) is 7.05 Å². The summed E-state index contributed by atoms with van der Waals surface area (Å²) in [5.41, 5.74) is 1.25. The first-order valence-electron chi connectivity index (χ1n) is 7.30. The van der Waals surface area contributed by atoms with Crippen LogP contribution in [0.5, 0.6) is 0 Å². The molecule has 0 saturated carbocycles. The van der Waals surface area contributed by atoms with Gasteiger partial charge in [0.2, 0.25) is 10.0 Å². The average molecular weight is 320 g/mol. The van der Waals surface area contributed by atoms with Gasteiger partial charge >= 0.3 is 0 Å². The summed E-state index contributed by atoms with van der Waals surface area (Å²) in [6, 6.07) is 10.2. The van der Waals surface area contributed by atoms with Gasteiger partial charge in [0, 0.05) is 38.9 Å². The van der Waals surface area contributed by atoms with Crippen LogP contribution in [0.15, 0.2) is 47.6 Å². The largest absolute Gasteiger partial charge is 0.297 e. The number of nitrogens with zero attached hydrogens (tertiary/aromatic N) is 3. The van der Waals surface area contributed by atoms with E-state index >= 15 is 0 Å². The van der Waals surface area contributed by atoms with Crippen molar-refractivity contribution < 1.29 is 8.42 Å². The predicted molar refractivity (Wildman–Crippen MR) is 83.7 cm³/mol. The second-order valence-corrected chi connectivity index (χ2v) is 7.39. The van der Waals surface area contributed by atoms with Crippen molar-refractivity contribution in [3.05, 3.63) is 48.3 Å². The second-order valence-electron chi connectivity index (χ2n) is 5.68. The minimum atomic E-state index is -3.48. The monoisotopic (exact) mass is 320 g/mol. The number of hydrogen-bond acceptors (Lipinski definition) is 4. The Morgan fingerprint density at radius 1 is 1.32 bits per heavy atom. The van der Waals surface area contributed by atoms with Crippen molar-refractivity contribution in [3.8, 4) is 0 Å². The molecule has 1 aromatic heterocycles. The Morgan fingerprint density at radius 3 is 2.77 bits per heavy atom. The van der Waals surface area contributed by atoms with Crippen LogP contribution >= 0.6 is 0 Å². The Balaban J connectivity index is 1.59. The number of hydrogen-bond donors (Lipinski definition) is 1. The number of sulfonamides is 1. The Labute approximate surface area is 130 Å². The number of rotatable bonds is 5. The third-order valence-electron chi connectivity index (χ3n) is 3.83. The number of likely N-dealkylation sites (tertiary alicyclic amines) is 1. The molecule has 1 saturated heterocycles. The fourth-order valence-corrected chi connectivity index (χ4v) is 3.98. The van der Waals surface area contributed by atoms with Gasteiger partial charge in [-0.25, -0.2) is 13.1 Å². The van der Waals surface area contributed by atoms with E-state index in [2.05, 4.69) is 26.9 Å². The standard InChI is InChI=1S/C15H20N4O2S/c1-18-12-15(9-16-18)22(20,21)17-14-7-8-19(11-14)10-13-5-3-2-4-6-13/h2-6,9,12,14,17H,7-8,10-11H2,1H3/t14-/m0/s1. The summed E-state index contributed by atoms with van der Waals surface area (Å²) < 4.78 is 28.8. The minimum Gasteiger partial charge on any atom is -0.297 e.